The molecule has 0 radical (unpaired) electrons. The summed E-state index contributed by atoms with van der Waals surface area (Å²) in [6, 6.07) is 2.15. The molecule has 2 rings (SSSR count). The van der Waals surface area contributed by atoms with Gasteiger partial charge in [0, 0.05) is 30.7 Å². The number of hydrogen-bond donors (Lipinski definition) is 1. The second-order valence-electron chi connectivity index (χ2n) is 6.79. The number of aromatic nitrogens is 1. The Balaban J connectivity index is 2.18. The predicted octanol–water partition coefficient (Wildman–Crippen LogP) is 3.49. The van der Waals surface area contributed by atoms with Crippen LogP contribution in [0.3, 0.4) is 0 Å². The molecule has 0 spiro atoms. The molecule has 1 aliphatic rings. The summed E-state index contributed by atoms with van der Waals surface area (Å²) in [5.74, 6) is 0.648. The summed E-state index contributed by atoms with van der Waals surface area (Å²) in [4.78, 5) is 6.56. The van der Waals surface area contributed by atoms with E-state index in [0.717, 1.165) is 11.4 Å². The lowest BCUT2D eigenvalue weighted by Gasteiger charge is -2.28. The van der Waals surface area contributed by atoms with Crippen molar-refractivity contribution in [3.8, 4) is 0 Å². The molecule has 0 saturated heterocycles. The van der Waals surface area contributed by atoms with Gasteiger partial charge in [0.25, 0.3) is 0 Å². The maximum Gasteiger partial charge on any atom is 0.141 e. The topological polar surface area (TPSA) is 28.2 Å². The highest BCUT2D eigenvalue weighted by Crippen LogP contribution is 2.28. The third kappa shape index (κ3) is 3.92. The molecule has 20 heavy (non-hydrogen) atoms. The van der Waals surface area contributed by atoms with Crippen LogP contribution in [0.5, 0.6) is 0 Å². The minimum atomic E-state index is -0.265. The van der Waals surface area contributed by atoms with Gasteiger partial charge in [-0.1, -0.05) is 12.8 Å². The van der Waals surface area contributed by atoms with Crippen LogP contribution < -0.4 is 10.2 Å². The number of nitrogens with one attached hydrogen (secondary N) is 1. The van der Waals surface area contributed by atoms with Gasteiger partial charge >= 0.3 is 0 Å². The molecule has 1 aromatic rings. The molecule has 1 fully saturated rings. The number of halogens is 1. The summed E-state index contributed by atoms with van der Waals surface area (Å²) in [6.07, 6.45) is 6.31. The number of hydrogen-bond acceptors (Lipinski definition) is 3. The van der Waals surface area contributed by atoms with Gasteiger partial charge in [0.05, 0.1) is 6.20 Å². The van der Waals surface area contributed by atoms with Crippen LogP contribution in [-0.4, -0.2) is 23.6 Å². The molecular weight excluding hydrogens is 253 g/mol. The zero-order valence-electron chi connectivity index (χ0n) is 13.0. The lowest BCUT2D eigenvalue weighted by Crippen LogP contribution is -2.36. The monoisotopic (exact) mass is 279 g/mol. The molecule has 1 heterocycles. The quantitative estimate of drug-likeness (QED) is 0.914. The maximum absolute atomic E-state index is 13.5. The molecule has 0 bridgehead atoms. The molecule has 1 saturated carbocycles. The Labute approximate surface area is 121 Å². The zero-order valence-corrected chi connectivity index (χ0v) is 13.0. The van der Waals surface area contributed by atoms with Gasteiger partial charge in [-0.15, -0.1) is 0 Å². The van der Waals surface area contributed by atoms with Crippen molar-refractivity contribution in [3.63, 3.8) is 0 Å². The molecular formula is C16H26FN3. The summed E-state index contributed by atoms with van der Waals surface area (Å²) in [5.41, 5.74) is 0.949. The molecule has 3 nitrogen and oxygen atoms in total. The Morgan fingerprint density at radius 2 is 2.00 bits per heavy atom. The fourth-order valence-electron chi connectivity index (χ4n) is 2.75. The molecule has 1 aromatic heterocycles. The Bertz CT molecular complexity index is 448. The van der Waals surface area contributed by atoms with Gasteiger partial charge in [0.15, 0.2) is 0 Å². The van der Waals surface area contributed by atoms with E-state index in [1.54, 1.807) is 6.07 Å². The van der Waals surface area contributed by atoms with Gasteiger partial charge in [-0.2, -0.15) is 0 Å². The Kier molecular flexibility index (Phi) is 4.63. The minimum absolute atomic E-state index is 0.00944. The van der Waals surface area contributed by atoms with E-state index < -0.39 is 0 Å². The van der Waals surface area contributed by atoms with Gasteiger partial charge in [0.1, 0.15) is 11.6 Å². The van der Waals surface area contributed by atoms with E-state index in [4.69, 9.17) is 0 Å². The standard InChI is InChI=1S/C16H26FN3/c1-16(2,3)19-10-12-9-13(17)11-18-15(12)20(4)14-7-5-6-8-14/h9,11,14,19H,5-8,10H2,1-4H3. The van der Waals surface area contributed by atoms with Gasteiger partial charge in [-0.05, 0) is 39.7 Å². The van der Waals surface area contributed by atoms with Crippen LogP contribution in [0, 0.1) is 5.82 Å². The normalized spacial score (nSPS) is 16.6. The lowest BCUT2D eigenvalue weighted by atomic mass is 10.1. The Morgan fingerprint density at radius 1 is 1.35 bits per heavy atom. The SMILES string of the molecule is CN(c1ncc(F)cc1CNC(C)(C)C)C1CCCC1. The van der Waals surface area contributed by atoms with Crippen LogP contribution in [-0.2, 0) is 6.54 Å². The largest absolute Gasteiger partial charge is 0.356 e. The van der Waals surface area contributed by atoms with E-state index in [9.17, 15) is 4.39 Å². The first-order valence-electron chi connectivity index (χ1n) is 7.49. The van der Waals surface area contributed by atoms with E-state index in [1.165, 1.54) is 31.9 Å². The summed E-state index contributed by atoms with van der Waals surface area (Å²) >= 11 is 0. The van der Waals surface area contributed by atoms with E-state index in [-0.39, 0.29) is 11.4 Å². The Hall–Kier alpha value is -1.16. The van der Waals surface area contributed by atoms with Crippen LogP contribution in [0.15, 0.2) is 12.3 Å². The van der Waals surface area contributed by atoms with Crippen molar-refractivity contribution in [2.45, 2.75) is 64.6 Å². The third-order valence-corrected chi connectivity index (χ3v) is 3.93. The van der Waals surface area contributed by atoms with Crippen molar-refractivity contribution in [2.24, 2.45) is 0 Å². The second-order valence-corrected chi connectivity index (χ2v) is 6.79. The number of rotatable bonds is 4. The predicted molar refractivity (Wildman–Crippen MR) is 81.4 cm³/mol. The van der Waals surface area contributed by atoms with Crippen molar-refractivity contribution < 1.29 is 4.39 Å². The minimum Gasteiger partial charge on any atom is -0.356 e. The maximum atomic E-state index is 13.5. The van der Waals surface area contributed by atoms with Crippen molar-refractivity contribution in [1.29, 1.82) is 0 Å². The van der Waals surface area contributed by atoms with Gasteiger partial charge < -0.3 is 10.2 Å². The highest BCUT2D eigenvalue weighted by Gasteiger charge is 2.23. The summed E-state index contributed by atoms with van der Waals surface area (Å²) in [6.45, 7) is 6.97. The average molecular weight is 279 g/mol. The van der Waals surface area contributed by atoms with Crippen LogP contribution in [0.1, 0.15) is 52.0 Å². The smallest absolute Gasteiger partial charge is 0.141 e. The fraction of sp³-hybridized carbons (Fsp3) is 0.688. The summed E-state index contributed by atoms with van der Waals surface area (Å²) < 4.78 is 13.5. The lowest BCUT2D eigenvalue weighted by molar-refractivity contribution is 0.423. The Morgan fingerprint density at radius 3 is 2.60 bits per heavy atom. The molecule has 1 N–H and O–H groups in total. The highest BCUT2D eigenvalue weighted by molar-refractivity contribution is 5.47. The van der Waals surface area contributed by atoms with Gasteiger partial charge in [-0.25, -0.2) is 9.37 Å². The first kappa shape index (κ1) is 15.2. The molecule has 0 amide bonds. The van der Waals surface area contributed by atoms with Crippen LogP contribution in [0.4, 0.5) is 10.2 Å². The van der Waals surface area contributed by atoms with Crippen LogP contribution in [0.25, 0.3) is 0 Å². The molecule has 0 aliphatic heterocycles. The van der Waals surface area contributed by atoms with Crippen molar-refractivity contribution >= 4 is 5.82 Å². The highest BCUT2D eigenvalue weighted by atomic mass is 19.1. The van der Waals surface area contributed by atoms with Gasteiger partial charge in [0.2, 0.25) is 0 Å². The van der Waals surface area contributed by atoms with Crippen molar-refractivity contribution in [2.75, 3.05) is 11.9 Å². The first-order valence-corrected chi connectivity index (χ1v) is 7.49. The number of anilines is 1. The first-order chi connectivity index (χ1) is 9.37. The summed E-state index contributed by atoms with van der Waals surface area (Å²) in [7, 11) is 2.08. The average Bonchev–Trinajstić information content (AvgIpc) is 2.88. The number of nitrogens with zero attached hydrogens (tertiary/aromatic N) is 2. The van der Waals surface area contributed by atoms with E-state index in [1.807, 2.05) is 0 Å². The van der Waals surface area contributed by atoms with Crippen molar-refractivity contribution in [1.82, 2.24) is 10.3 Å². The van der Waals surface area contributed by atoms with E-state index in [2.05, 4.69) is 43.0 Å². The van der Waals surface area contributed by atoms with E-state index in [0.29, 0.717) is 12.6 Å². The molecule has 0 aromatic carbocycles. The van der Waals surface area contributed by atoms with Gasteiger partial charge in [-0.3, -0.25) is 0 Å². The van der Waals surface area contributed by atoms with Crippen LogP contribution in [0.2, 0.25) is 0 Å². The molecule has 0 unspecified atom stereocenters. The fourth-order valence-corrected chi connectivity index (χ4v) is 2.75. The van der Waals surface area contributed by atoms with E-state index >= 15 is 0 Å². The molecule has 4 heteroatoms. The van der Waals surface area contributed by atoms with Crippen molar-refractivity contribution in [3.05, 3.63) is 23.6 Å². The third-order valence-electron chi connectivity index (χ3n) is 3.93. The number of pyridine rings is 1. The summed E-state index contributed by atoms with van der Waals surface area (Å²) in [5, 5.41) is 3.42. The van der Waals surface area contributed by atoms with Crippen LogP contribution >= 0.6 is 0 Å². The zero-order chi connectivity index (χ0) is 14.8. The molecule has 0 atom stereocenters. The second kappa shape index (κ2) is 6.08. The molecule has 1 aliphatic carbocycles. The molecule has 112 valence electrons.